The van der Waals surface area contributed by atoms with Crippen molar-refractivity contribution in [2.24, 2.45) is 34.5 Å². The molecule has 1 aliphatic heterocycles. The van der Waals surface area contributed by atoms with Crippen molar-refractivity contribution in [3.8, 4) is 0 Å². The lowest BCUT2D eigenvalue weighted by Gasteiger charge is -2.62. The summed E-state index contributed by atoms with van der Waals surface area (Å²) in [6.07, 6.45) is 12.4. The minimum Gasteiger partial charge on any atom is -0.374 e. The van der Waals surface area contributed by atoms with Crippen LogP contribution in [0, 0.1) is 34.5 Å². The highest BCUT2D eigenvalue weighted by Crippen LogP contribution is 2.70. The molecular formula is C21H32O2. The summed E-state index contributed by atoms with van der Waals surface area (Å²) < 4.78 is 6.23. The summed E-state index contributed by atoms with van der Waals surface area (Å²) in [6, 6.07) is 0. The van der Waals surface area contributed by atoms with Crippen molar-refractivity contribution in [1.82, 2.24) is 0 Å². The van der Waals surface area contributed by atoms with Crippen LogP contribution in [0.5, 0.6) is 0 Å². The van der Waals surface area contributed by atoms with Gasteiger partial charge in [-0.25, -0.2) is 0 Å². The molecule has 2 nitrogen and oxygen atoms in total. The van der Waals surface area contributed by atoms with Crippen LogP contribution in [0.25, 0.3) is 0 Å². The van der Waals surface area contributed by atoms with E-state index in [1.807, 2.05) is 0 Å². The van der Waals surface area contributed by atoms with Gasteiger partial charge >= 0.3 is 0 Å². The van der Waals surface area contributed by atoms with Crippen LogP contribution >= 0.6 is 0 Å². The van der Waals surface area contributed by atoms with Gasteiger partial charge in [-0.05, 0) is 79.4 Å². The summed E-state index contributed by atoms with van der Waals surface area (Å²) in [6.45, 7) is 6.12. The molecule has 0 bridgehead atoms. The van der Waals surface area contributed by atoms with Gasteiger partial charge in [0.25, 0.3) is 0 Å². The topological polar surface area (TPSA) is 26.3 Å². The molecule has 4 aliphatic carbocycles. The van der Waals surface area contributed by atoms with E-state index in [2.05, 4.69) is 13.8 Å². The monoisotopic (exact) mass is 316 g/mol. The molecule has 1 heterocycles. The Hall–Kier alpha value is -0.370. The van der Waals surface area contributed by atoms with Crippen molar-refractivity contribution in [2.45, 2.75) is 83.7 Å². The normalized spacial score (nSPS) is 58.3. The second kappa shape index (κ2) is 4.62. The third kappa shape index (κ3) is 1.72. The molecule has 23 heavy (non-hydrogen) atoms. The zero-order valence-corrected chi connectivity index (χ0v) is 14.9. The molecule has 0 unspecified atom stereocenters. The fourth-order valence-corrected chi connectivity index (χ4v) is 8.13. The Kier molecular flexibility index (Phi) is 3.00. The van der Waals surface area contributed by atoms with Gasteiger partial charge in [0.1, 0.15) is 5.78 Å². The maximum absolute atomic E-state index is 12.0. The number of ether oxygens (including phenoxy) is 1. The van der Waals surface area contributed by atoms with E-state index in [0.29, 0.717) is 22.5 Å². The largest absolute Gasteiger partial charge is 0.374 e. The predicted octanol–water partition coefficient (Wildman–Crippen LogP) is 4.76. The summed E-state index contributed by atoms with van der Waals surface area (Å²) in [4.78, 5) is 12.0. The highest BCUT2D eigenvalue weighted by Gasteiger charge is 2.66. The zero-order chi connectivity index (χ0) is 15.9. The number of carbonyl (C=O) groups excluding carboxylic acids is 1. The van der Waals surface area contributed by atoms with E-state index >= 15 is 0 Å². The second-order valence-corrected chi connectivity index (χ2v) is 9.99. The first-order chi connectivity index (χ1) is 11.0. The van der Waals surface area contributed by atoms with Crippen LogP contribution in [0.15, 0.2) is 0 Å². The van der Waals surface area contributed by atoms with Gasteiger partial charge in [0.2, 0.25) is 0 Å². The van der Waals surface area contributed by atoms with E-state index in [9.17, 15) is 4.79 Å². The van der Waals surface area contributed by atoms with Crippen molar-refractivity contribution in [3.63, 3.8) is 0 Å². The molecule has 1 saturated heterocycles. The smallest absolute Gasteiger partial charge is 0.133 e. The third-order valence-corrected chi connectivity index (χ3v) is 9.66. The van der Waals surface area contributed by atoms with Gasteiger partial charge in [0.15, 0.2) is 0 Å². The van der Waals surface area contributed by atoms with E-state index in [1.54, 1.807) is 0 Å². The molecule has 4 saturated carbocycles. The molecule has 0 aromatic rings. The Balaban J connectivity index is 1.46. The summed E-state index contributed by atoms with van der Waals surface area (Å²) in [5.74, 6) is 3.89. The fraction of sp³-hybridized carbons (Fsp3) is 0.952. The van der Waals surface area contributed by atoms with E-state index in [0.717, 1.165) is 37.2 Å². The molecule has 5 rings (SSSR count). The molecule has 1 spiro atoms. The summed E-state index contributed by atoms with van der Waals surface area (Å²) >= 11 is 0. The SMILES string of the molecule is C[C@]12CCC(=O)C[C@H]1CC[C@@H]1[C@@H]2CC[C@@]2(C)[C@H]1CC[C@@]21CCO1. The van der Waals surface area contributed by atoms with Crippen molar-refractivity contribution < 1.29 is 9.53 Å². The van der Waals surface area contributed by atoms with E-state index < -0.39 is 0 Å². The van der Waals surface area contributed by atoms with Gasteiger partial charge in [0.05, 0.1) is 12.2 Å². The van der Waals surface area contributed by atoms with Gasteiger partial charge in [-0.1, -0.05) is 13.8 Å². The number of carbonyl (C=O) groups is 1. The molecule has 128 valence electrons. The van der Waals surface area contributed by atoms with Gasteiger partial charge in [-0.2, -0.15) is 0 Å². The van der Waals surface area contributed by atoms with E-state index in [-0.39, 0.29) is 5.60 Å². The van der Waals surface area contributed by atoms with E-state index in [1.165, 1.54) is 51.4 Å². The predicted molar refractivity (Wildman–Crippen MR) is 90.0 cm³/mol. The number of hydrogen-bond donors (Lipinski definition) is 0. The Morgan fingerprint density at radius 1 is 0.957 bits per heavy atom. The average Bonchev–Trinajstić information content (AvgIpc) is 2.81. The quantitative estimate of drug-likeness (QED) is 0.644. The van der Waals surface area contributed by atoms with Crippen molar-refractivity contribution in [2.75, 3.05) is 6.61 Å². The number of Topliss-reactive ketones (excluding diaryl/α,β-unsaturated/α-hetero) is 1. The minimum atomic E-state index is 0.253. The zero-order valence-electron chi connectivity index (χ0n) is 14.9. The minimum absolute atomic E-state index is 0.253. The molecule has 2 heteroatoms. The first-order valence-electron chi connectivity index (χ1n) is 10.1. The van der Waals surface area contributed by atoms with Crippen LogP contribution in [0.3, 0.4) is 0 Å². The number of hydrogen-bond acceptors (Lipinski definition) is 2. The Morgan fingerprint density at radius 3 is 2.48 bits per heavy atom. The Morgan fingerprint density at radius 2 is 1.74 bits per heavy atom. The van der Waals surface area contributed by atoms with Gasteiger partial charge in [-0.3, -0.25) is 4.79 Å². The summed E-state index contributed by atoms with van der Waals surface area (Å²) in [5, 5.41) is 0. The fourth-order valence-electron chi connectivity index (χ4n) is 8.13. The first kappa shape index (κ1) is 14.9. The van der Waals surface area contributed by atoms with Crippen LogP contribution in [-0.4, -0.2) is 18.0 Å². The maximum Gasteiger partial charge on any atom is 0.133 e. The van der Waals surface area contributed by atoms with Gasteiger partial charge in [0, 0.05) is 19.3 Å². The van der Waals surface area contributed by atoms with Gasteiger partial charge in [-0.15, -0.1) is 0 Å². The summed E-state index contributed by atoms with van der Waals surface area (Å²) in [5.41, 5.74) is 1.15. The molecule has 0 N–H and O–H groups in total. The Bertz CT molecular complexity index is 536. The maximum atomic E-state index is 12.0. The number of fused-ring (bicyclic) bond motifs is 6. The van der Waals surface area contributed by atoms with Gasteiger partial charge < -0.3 is 4.74 Å². The second-order valence-electron chi connectivity index (χ2n) is 9.99. The molecule has 5 aliphatic rings. The lowest BCUT2D eigenvalue weighted by atomic mass is 9.44. The van der Waals surface area contributed by atoms with Crippen molar-refractivity contribution >= 4 is 5.78 Å². The lowest BCUT2D eigenvalue weighted by molar-refractivity contribution is -0.231. The average molecular weight is 316 g/mol. The van der Waals surface area contributed by atoms with Crippen molar-refractivity contribution in [3.05, 3.63) is 0 Å². The molecule has 7 atom stereocenters. The third-order valence-electron chi connectivity index (χ3n) is 9.66. The molecule has 0 aromatic heterocycles. The first-order valence-corrected chi connectivity index (χ1v) is 10.1. The van der Waals surface area contributed by atoms with Crippen molar-refractivity contribution in [1.29, 1.82) is 0 Å². The van der Waals surface area contributed by atoms with Crippen LogP contribution in [-0.2, 0) is 9.53 Å². The summed E-state index contributed by atoms with van der Waals surface area (Å²) in [7, 11) is 0. The van der Waals surface area contributed by atoms with Crippen LogP contribution in [0.4, 0.5) is 0 Å². The number of rotatable bonds is 0. The number of ketones is 1. The highest BCUT2D eigenvalue weighted by atomic mass is 16.5. The van der Waals surface area contributed by atoms with E-state index in [4.69, 9.17) is 4.74 Å². The highest BCUT2D eigenvalue weighted by molar-refractivity contribution is 5.79. The Labute approximate surface area is 140 Å². The molecular weight excluding hydrogens is 284 g/mol. The standard InChI is InChI=1S/C21H32O2/c1-19-8-5-15(22)13-14(19)3-4-16-17(19)6-9-20(2)18(16)7-10-21(20)11-12-23-21/h14,16-18H,3-13H2,1-2H3/t14-,16-,17+,18+,19+,20+,21-/m1/s1. The van der Waals surface area contributed by atoms with Crippen LogP contribution < -0.4 is 0 Å². The lowest BCUT2D eigenvalue weighted by Crippen LogP contribution is -2.60. The molecule has 0 radical (unpaired) electrons. The molecule has 0 aromatic carbocycles. The van der Waals surface area contributed by atoms with Crippen LogP contribution in [0.1, 0.15) is 78.1 Å². The molecule has 0 amide bonds. The molecule has 5 fully saturated rings. The van der Waals surface area contributed by atoms with Crippen LogP contribution in [0.2, 0.25) is 0 Å².